The molecule has 0 atom stereocenters. The van der Waals surface area contributed by atoms with Crippen LogP contribution in [-0.4, -0.2) is 16.1 Å². The molecule has 0 amide bonds. The summed E-state index contributed by atoms with van der Waals surface area (Å²) in [5, 5.41) is 2.48. The molecule has 0 N–H and O–H groups in total. The molecule has 2 rings (SSSR count). The van der Waals surface area contributed by atoms with Crippen molar-refractivity contribution in [2.75, 3.05) is 0 Å². The first-order valence-corrected chi connectivity index (χ1v) is 15.6. The fraction of sp³-hybridized carbons (Fsp3) is 0.364. The summed E-state index contributed by atoms with van der Waals surface area (Å²) in [6.45, 7) is 18.0. The van der Waals surface area contributed by atoms with Crippen LogP contribution < -0.4 is 0 Å². The van der Waals surface area contributed by atoms with E-state index in [0.29, 0.717) is 0 Å². The van der Waals surface area contributed by atoms with Crippen LogP contribution in [0.15, 0.2) is 24.3 Å². The Morgan fingerprint density at radius 1 is 0.583 bits per heavy atom. The number of fused-ring (bicyclic) bond motifs is 1. The largest absolute Gasteiger partial charge is 0.129 e. The van der Waals surface area contributed by atoms with Crippen LogP contribution in [0.3, 0.4) is 0 Å². The Balaban J connectivity index is 2.77. The van der Waals surface area contributed by atoms with Gasteiger partial charge in [-0.05, 0) is 35.7 Å². The van der Waals surface area contributed by atoms with Crippen molar-refractivity contribution in [1.82, 2.24) is 0 Å². The topological polar surface area (TPSA) is 0 Å². The molecule has 0 spiro atoms. The zero-order valence-corrected chi connectivity index (χ0v) is 18.3. The average molecular weight is 349 g/mol. The lowest BCUT2D eigenvalue weighted by Gasteiger charge is -2.11. The summed E-state index contributed by atoms with van der Waals surface area (Å²) < 4.78 is 0. The summed E-state index contributed by atoms with van der Waals surface area (Å²) in [5.41, 5.74) is 11.9. The highest BCUT2D eigenvalue weighted by atomic mass is 28.3. The molecule has 124 valence electrons. The van der Waals surface area contributed by atoms with Gasteiger partial charge in [0.25, 0.3) is 0 Å². The highest BCUT2D eigenvalue weighted by Crippen LogP contribution is 2.27. The van der Waals surface area contributed by atoms with Crippen LogP contribution in [0.2, 0.25) is 39.3 Å². The summed E-state index contributed by atoms with van der Waals surface area (Å²) >= 11 is 0. The predicted octanol–water partition coefficient (Wildman–Crippen LogP) is 5.91. The van der Waals surface area contributed by atoms with E-state index in [-0.39, 0.29) is 0 Å². The van der Waals surface area contributed by atoms with E-state index in [2.05, 4.69) is 100 Å². The Morgan fingerprint density at radius 3 is 1.21 bits per heavy atom. The molecule has 0 aliphatic heterocycles. The standard InChI is InChI=1S/C22H28Si2/c1-17-9-11-22-20(14-16-24(6,7)8)18(2)10-12-21(22)19(17)13-15-23(3,4)5/h9-12H,1-8H3. The molecule has 0 saturated heterocycles. The maximum Gasteiger partial charge on any atom is 0.129 e. The molecule has 0 aromatic heterocycles. The van der Waals surface area contributed by atoms with Gasteiger partial charge in [-0.1, -0.05) is 75.4 Å². The Morgan fingerprint density at radius 2 is 0.917 bits per heavy atom. The third-order valence-electron chi connectivity index (χ3n) is 3.74. The van der Waals surface area contributed by atoms with Gasteiger partial charge < -0.3 is 0 Å². The monoisotopic (exact) mass is 348 g/mol. The maximum absolute atomic E-state index is 3.52. The molecule has 0 aliphatic carbocycles. The third-order valence-corrected chi connectivity index (χ3v) is 5.49. The normalized spacial score (nSPS) is 11.5. The Kier molecular flexibility index (Phi) is 5.14. The minimum atomic E-state index is -1.40. The smallest absolute Gasteiger partial charge is 0.127 e. The lowest BCUT2D eigenvalue weighted by atomic mass is 9.94. The predicted molar refractivity (Wildman–Crippen MR) is 114 cm³/mol. The molecule has 0 radical (unpaired) electrons. The average Bonchev–Trinajstić information content (AvgIpc) is 2.43. The van der Waals surface area contributed by atoms with Crippen LogP contribution in [-0.2, 0) is 0 Å². The van der Waals surface area contributed by atoms with Gasteiger partial charge in [0.2, 0.25) is 0 Å². The van der Waals surface area contributed by atoms with Crippen molar-refractivity contribution in [1.29, 1.82) is 0 Å². The third kappa shape index (κ3) is 4.63. The van der Waals surface area contributed by atoms with Crippen LogP contribution in [0.25, 0.3) is 10.8 Å². The molecule has 24 heavy (non-hydrogen) atoms. The van der Waals surface area contributed by atoms with E-state index in [0.717, 1.165) is 0 Å². The molecule has 0 aliphatic rings. The highest BCUT2D eigenvalue weighted by molar-refractivity contribution is 6.84. The highest BCUT2D eigenvalue weighted by Gasteiger charge is 2.12. The summed E-state index contributed by atoms with van der Waals surface area (Å²) in [5.74, 6) is 6.97. The molecule has 0 fully saturated rings. The molecule has 0 bridgehead atoms. The van der Waals surface area contributed by atoms with Gasteiger partial charge in [0.15, 0.2) is 0 Å². The fourth-order valence-corrected chi connectivity index (χ4v) is 3.46. The summed E-state index contributed by atoms with van der Waals surface area (Å²) in [6, 6.07) is 8.81. The number of hydrogen-bond acceptors (Lipinski definition) is 0. The molecular formula is C22H28Si2. The second kappa shape index (κ2) is 6.63. The molecule has 0 nitrogen and oxygen atoms in total. The van der Waals surface area contributed by atoms with Crippen molar-refractivity contribution in [3.05, 3.63) is 46.5 Å². The Hall–Kier alpha value is -1.75. The number of benzene rings is 2. The minimum absolute atomic E-state index is 1.17. The van der Waals surface area contributed by atoms with Crippen LogP contribution in [0.4, 0.5) is 0 Å². The van der Waals surface area contributed by atoms with Gasteiger partial charge in [0, 0.05) is 11.1 Å². The van der Waals surface area contributed by atoms with Crippen LogP contribution in [0.5, 0.6) is 0 Å². The van der Waals surface area contributed by atoms with Crippen molar-refractivity contribution in [2.24, 2.45) is 0 Å². The molecule has 0 unspecified atom stereocenters. The van der Waals surface area contributed by atoms with E-state index < -0.39 is 16.1 Å². The molecule has 2 aromatic carbocycles. The van der Waals surface area contributed by atoms with Gasteiger partial charge in [0.1, 0.15) is 16.1 Å². The van der Waals surface area contributed by atoms with E-state index >= 15 is 0 Å². The lowest BCUT2D eigenvalue weighted by Crippen LogP contribution is -2.16. The van der Waals surface area contributed by atoms with Gasteiger partial charge in [-0.3, -0.25) is 0 Å². The first kappa shape index (κ1) is 18.6. The first-order chi connectivity index (χ1) is 11.0. The molecule has 2 heteroatoms. The van der Waals surface area contributed by atoms with E-state index in [1.165, 1.54) is 33.0 Å². The minimum Gasteiger partial charge on any atom is -0.127 e. The van der Waals surface area contributed by atoms with Gasteiger partial charge in [0.05, 0.1) is 0 Å². The van der Waals surface area contributed by atoms with Crippen LogP contribution in [0, 0.1) is 36.8 Å². The van der Waals surface area contributed by atoms with Crippen molar-refractivity contribution in [3.63, 3.8) is 0 Å². The van der Waals surface area contributed by atoms with Gasteiger partial charge in [-0.15, -0.1) is 11.1 Å². The summed E-state index contributed by atoms with van der Waals surface area (Å²) in [4.78, 5) is 0. The SMILES string of the molecule is Cc1ccc2c(C#C[Si](C)(C)C)c(C)ccc2c1C#C[Si](C)(C)C. The van der Waals surface area contributed by atoms with Gasteiger partial charge in [-0.25, -0.2) is 0 Å². The second-order valence-corrected chi connectivity index (χ2v) is 18.1. The van der Waals surface area contributed by atoms with Crippen molar-refractivity contribution in [2.45, 2.75) is 53.1 Å². The summed E-state index contributed by atoms with van der Waals surface area (Å²) in [7, 11) is -2.80. The van der Waals surface area contributed by atoms with E-state index in [9.17, 15) is 0 Å². The lowest BCUT2D eigenvalue weighted by molar-refractivity contribution is 1.43. The quantitative estimate of drug-likeness (QED) is 0.410. The van der Waals surface area contributed by atoms with E-state index in [1.54, 1.807) is 0 Å². The van der Waals surface area contributed by atoms with Gasteiger partial charge >= 0.3 is 0 Å². The Labute approximate surface area is 149 Å². The van der Waals surface area contributed by atoms with E-state index in [4.69, 9.17) is 0 Å². The Bertz CT molecular complexity index is 822. The molecule has 0 saturated carbocycles. The zero-order chi connectivity index (χ0) is 18.1. The number of aryl methyl sites for hydroxylation is 2. The van der Waals surface area contributed by atoms with Crippen molar-refractivity contribution < 1.29 is 0 Å². The first-order valence-electron chi connectivity index (χ1n) is 8.57. The maximum atomic E-state index is 3.52. The van der Waals surface area contributed by atoms with E-state index in [1.807, 2.05) is 0 Å². The zero-order valence-electron chi connectivity index (χ0n) is 16.3. The molecule has 0 heterocycles. The second-order valence-electron chi connectivity index (χ2n) is 8.61. The van der Waals surface area contributed by atoms with Gasteiger partial charge in [-0.2, -0.15) is 0 Å². The van der Waals surface area contributed by atoms with Crippen LogP contribution in [0.1, 0.15) is 22.3 Å². The molecule has 2 aromatic rings. The van der Waals surface area contributed by atoms with Crippen LogP contribution >= 0.6 is 0 Å². The summed E-state index contributed by atoms with van der Waals surface area (Å²) in [6.07, 6.45) is 0. The van der Waals surface area contributed by atoms with Crippen molar-refractivity contribution in [3.8, 4) is 22.9 Å². The van der Waals surface area contributed by atoms with Crippen molar-refractivity contribution >= 4 is 26.9 Å². The fourth-order valence-electron chi connectivity index (χ4n) is 2.46. The number of hydrogen-bond donors (Lipinski definition) is 0. The molecular weight excluding hydrogens is 320 g/mol. The number of rotatable bonds is 0.